The molecule has 7 nitrogen and oxygen atoms in total. The Labute approximate surface area is 171 Å². The smallest absolute Gasteiger partial charge is 0.217 e. The van der Waals surface area contributed by atoms with Gasteiger partial charge in [-0.3, -0.25) is 14.7 Å². The Kier molecular flexibility index (Phi) is 8.12. The maximum absolute atomic E-state index is 11.3. The number of nitrogens with zero attached hydrogens (tertiary/aromatic N) is 3. The van der Waals surface area contributed by atoms with Crippen LogP contribution in [0.3, 0.4) is 0 Å². The molecule has 2 atom stereocenters. The van der Waals surface area contributed by atoms with Crippen LogP contribution >= 0.6 is 11.3 Å². The Balaban J connectivity index is 1.71. The summed E-state index contributed by atoms with van der Waals surface area (Å²) in [5, 5.41) is 5.59. The van der Waals surface area contributed by atoms with E-state index in [-0.39, 0.29) is 11.9 Å². The van der Waals surface area contributed by atoms with Crippen LogP contribution in [0.1, 0.15) is 37.1 Å². The summed E-state index contributed by atoms with van der Waals surface area (Å²) in [5.74, 6) is 1.06. The molecule has 2 aliphatic heterocycles. The lowest BCUT2D eigenvalue weighted by atomic mass is 9.95. The second-order valence-corrected chi connectivity index (χ2v) is 8.48. The number of morpholine rings is 1. The number of carbonyl (C=O) groups is 1. The fourth-order valence-electron chi connectivity index (χ4n) is 4.06. The average Bonchev–Trinajstić information content (AvgIpc) is 3.22. The third-order valence-electron chi connectivity index (χ3n) is 5.42. The molecule has 0 aliphatic carbocycles. The van der Waals surface area contributed by atoms with Gasteiger partial charge in [0, 0.05) is 44.0 Å². The van der Waals surface area contributed by atoms with Crippen molar-refractivity contribution in [1.82, 2.24) is 15.1 Å². The number of carbonyl (C=O) groups excluding carboxylic acids is 1. The van der Waals surface area contributed by atoms with E-state index in [4.69, 9.17) is 15.5 Å². The maximum atomic E-state index is 11.3. The highest BCUT2D eigenvalue weighted by molar-refractivity contribution is 7.10. The van der Waals surface area contributed by atoms with Crippen molar-refractivity contribution in [2.24, 2.45) is 16.6 Å². The van der Waals surface area contributed by atoms with E-state index in [0.717, 1.165) is 71.3 Å². The van der Waals surface area contributed by atoms with E-state index in [2.05, 4.69) is 39.6 Å². The lowest BCUT2D eigenvalue weighted by molar-refractivity contribution is -0.119. The van der Waals surface area contributed by atoms with Crippen LogP contribution in [0.4, 0.5) is 0 Å². The summed E-state index contributed by atoms with van der Waals surface area (Å²) in [6.07, 6.45) is 2.59. The predicted octanol–water partition coefficient (Wildman–Crippen LogP) is 1.67. The number of piperidine rings is 1. The van der Waals surface area contributed by atoms with Crippen LogP contribution in [0.5, 0.6) is 0 Å². The van der Waals surface area contributed by atoms with Gasteiger partial charge in [0.2, 0.25) is 5.91 Å². The van der Waals surface area contributed by atoms with E-state index in [9.17, 15) is 4.79 Å². The summed E-state index contributed by atoms with van der Waals surface area (Å²) in [5.41, 5.74) is 5.42. The zero-order chi connectivity index (χ0) is 19.8. The minimum absolute atomic E-state index is 0.209. The third kappa shape index (κ3) is 5.93. The second-order valence-electron chi connectivity index (χ2n) is 7.50. The number of rotatable bonds is 7. The largest absolute Gasteiger partial charge is 0.379 e. The van der Waals surface area contributed by atoms with Crippen LogP contribution in [0.25, 0.3) is 0 Å². The second kappa shape index (κ2) is 10.8. The Morgan fingerprint density at radius 2 is 2.25 bits per heavy atom. The van der Waals surface area contributed by atoms with Crippen molar-refractivity contribution in [1.29, 1.82) is 0 Å². The molecule has 0 aromatic carbocycles. The highest BCUT2D eigenvalue weighted by Crippen LogP contribution is 2.27. The van der Waals surface area contributed by atoms with Crippen molar-refractivity contribution in [3.05, 3.63) is 22.4 Å². The van der Waals surface area contributed by atoms with Gasteiger partial charge in [-0.25, -0.2) is 0 Å². The molecular weight excluding hydrogens is 374 g/mol. The first-order chi connectivity index (χ1) is 13.7. The number of primary amides is 1. The van der Waals surface area contributed by atoms with Gasteiger partial charge in [-0.2, -0.15) is 0 Å². The summed E-state index contributed by atoms with van der Waals surface area (Å²) in [6.45, 7) is 8.92. The molecule has 1 aromatic rings. The minimum atomic E-state index is -0.209. The molecule has 2 unspecified atom stereocenters. The molecule has 3 heterocycles. The molecule has 0 saturated carbocycles. The van der Waals surface area contributed by atoms with E-state index < -0.39 is 0 Å². The number of likely N-dealkylation sites (tertiary alicyclic amines) is 1. The predicted molar refractivity (Wildman–Crippen MR) is 114 cm³/mol. The van der Waals surface area contributed by atoms with E-state index in [0.29, 0.717) is 12.3 Å². The Morgan fingerprint density at radius 3 is 2.93 bits per heavy atom. The number of hydrogen-bond acceptors (Lipinski definition) is 5. The van der Waals surface area contributed by atoms with Crippen molar-refractivity contribution in [3.8, 4) is 0 Å². The van der Waals surface area contributed by atoms with E-state index >= 15 is 0 Å². The van der Waals surface area contributed by atoms with Crippen LogP contribution < -0.4 is 11.1 Å². The van der Waals surface area contributed by atoms with Gasteiger partial charge in [0.25, 0.3) is 0 Å². The van der Waals surface area contributed by atoms with Crippen molar-refractivity contribution in [2.75, 3.05) is 52.5 Å². The van der Waals surface area contributed by atoms with Crippen LogP contribution in [0, 0.1) is 5.92 Å². The lowest BCUT2D eigenvalue weighted by Gasteiger charge is -2.36. The molecule has 28 heavy (non-hydrogen) atoms. The summed E-state index contributed by atoms with van der Waals surface area (Å²) in [4.78, 5) is 22.5. The van der Waals surface area contributed by atoms with Crippen molar-refractivity contribution in [2.45, 2.75) is 32.2 Å². The Hall–Kier alpha value is -1.64. The molecule has 156 valence electrons. The van der Waals surface area contributed by atoms with Gasteiger partial charge in [0.05, 0.1) is 25.8 Å². The number of ether oxygens (including phenoxy) is 1. The van der Waals surface area contributed by atoms with Gasteiger partial charge in [0.15, 0.2) is 5.96 Å². The van der Waals surface area contributed by atoms with E-state index in [1.165, 1.54) is 4.88 Å². The number of nitrogens with one attached hydrogen (secondary N) is 1. The lowest BCUT2D eigenvalue weighted by Crippen LogP contribution is -2.47. The number of guanidine groups is 1. The third-order valence-corrected chi connectivity index (χ3v) is 6.39. The number of thiophene rings is 1. The van der Waals surface area contributed by atoms with Crippen LogP contribution in [0.15, 0.2) is 22.5 Å². The molecule has 3 rings (SSSR count). The normalized spacial score (nSPS) is 22.8. The molecule has 1 amide bonds. The number of hydrogen-bond donors (Lipinski definition) is 2. The zero-order valence-corrected chi connectivity index (χ0v) is 17.6. The first kappa shape index (κ1) is 21.1. The fourth-order valence-corrected chi connectivity index (χ4v) is 4.91. The first-order valence-corrected chi connectivity index (χ1v) is 11.2. The molecular formula is C20H33N5O2S. The fraction of sp³-hybridized carbons (Fsp3) is 0.700. The zero-order valence-electron chi connectivity index (χ0n) is 16.8. The maximum Gasteiger partial charge on any atom is 0.217 e. The molecule has 2 saturated heterocycles. The van der Waals surface area contributed by atoms with Gasteiger partial charge >= 0.3 is 0 Å². The Morgan fingerprint density at radius 1 is 1.43 bits per heavy atom. The molecule has 2 aliphatic rings. The standard InChI is InChI=1S/C20H33N5O2S/c1-2-22-20(25-7-3-5-16(15-25)13-19(21)26)23-14-17(18-6-4-12-28-18)24-8-10-27-11-9-24/h4,6,12,16-17H,2-3,5,7-11,13-15H2,1H3,(H2,21,26)(H,22,23). The molecule has 0 bridgehead atoms. The summed E-state index contributed by atoms with van der Waals surface area (Å²) in [7, 11) is 0. The molecule has 2 fully saturated rings. The van der Waals surface area contributed by atoms with Gasteiger partial charge in [-0.1, -0.05) is 6.07 Å². The molecule has 0 spiro atoms. The van der Waals surface area contributed by atoms with Gasteiger partial charge in [0.1, 0.15) is 0 Å². The molecule has 3 N–H and O–H groups in total. The van der Waals surface area contributed by atoms with Crippen LogP contribution in [-0.2, 0) is 9.53 Å². The SMILES string of the molecule is CCNC(=NCC(c1cccs1)N1CCOCC1)N1CCCC(CC(N)=O)C1. The van der Waals surface area contributed by atoms with Crippen LogP contribution in [0.2, 0.25) is 0 Å². The van der Waals surface area contributed by atoms with Gasteiger partial charge in [-0.15, -0.1) is 11.3 Å². The average molecular weight is 408 g/mol. The van der Waals surface area contributed by atoms with E-state index in [1.54, 1.807) is 11.3 Å². The number of nitrogens with two attached hydrogens (primary N) is 1. The summed E-state index contributed by atoms with van der Waals surface area (Å²) >= 11 is 1.80. The Bertz CT molecular complexity index is 631. The highest BCUT2D eigenvalue weighted by atomic mass is 32.1. The molecule has 0 radical (unpaired) electrons. The van der Waals surface area contributed by atoms with Crippen LogP contribution in [-0.4, -0.2) is 74.1 Å². The number of aliphatic imine (C=N–C) groups is 1. The van der Waals surface area contributed by atoms with Crippen molar-refractivity contribution in [3.63, 3.8) is 0 Å². The summed E-state index contributed by atoms with van der Waals surface area (Å²) < 4.78 is 5.54. The van der Waals surface area contributed by atoms with Gasteiger partial charge < -0.3 is 20.7 Å². The monoisotopic (exact) mass is 407 g/mol. The molecule has 8 heteroatoms. The van der Waals surface area contributed by atoms with Crippen molar-refractivity contribution < 1.29 is 9.53 Å². The van der Waals surface area contributed by atoms with E-state index in [1.807, 2.05) is 0 Å². The summed E-state index contributed by atoms with van der Waals surface area (Å²) in [6, 6.07) is 4.60. The molecule has 1 aromatic heterocycles. The topological polar surface area (TPSA) is 83.2 Å². The number of amides is 1. The quantitative estimate of drug-likeness (QED) is 0.531. The minimum Gasteiger partial charge on any atom is -0.379 e. The van der Waals surface area contributed by atoms with Gasteiger partial charge in [-0.05, 0) is 37.1 Å². The van der Waals surface area contributed by atoms with Crippen molar-refractivity contribution >= 4 is 23.2 Å². The first-order valence-electron chi connectivity index (χ1n) is 10.3. The highest BCUT2D eigenvalue weighted by Gasteiger charge is 2.26.